The topological polar surface area (TPSA) is 137 Å². The van der Waals surface area contributed by atoms with E-state index in [9.17, 15) is 18.5 Å². The molecule has 28 heavy (non-hydrogen) atoms. The molecule has 0 aliphatic carbocycles. The van der Waals surface area contributed by atoms with Crippen molar-refractivity contribution in [2.45, 2.75) is 11.3 Å². The number of fused-ring (bicyclic) bond motifs is 1. The number of sulfonamides is 1. The van der Waals surface area contributed by atoms with E-state index in [4.69, 9.17) is 4.74 Å². The van der Waals surface area contributed by atoms with E-state index >= 15 is 0 Å². The summed E-state index contributed by atoms with van der Waals surface area (Å²) in [6, 6.07) is 5.41. The summed E-state index contributed by atoms with van der Waals surface area (Å²) in [5.74, 6) is -0.476. The maximum atomic E-state index is 12.7. The van der Waals surface area contributed by atoms with Gasteiger partial charge in [0.1, 0.15) is 11.8 Å². The zero-order valence-corrected chi connectivity index (χ0v) is 16.7. The smallest absolute Gasteiger partial charge is 0.289 e. The van der Waals surface area contributed by atoms with Crippen LogP contribution in [0.5, 0.6) is 0 Å². The summed E-state index contributed by atoms with van der Waals surface area (Å²) >= 11 is 0.845. The fraction of sp³-hybridized carbons (Fsp3) is 0.235. The van der Waals surface area contributed by atoms with Gasteiger partial charge < -0.3 is 15.0 Å². The summed E-state index contributed by atoms with van der Waals surface area (Å²) in [7, 11) is -2.49. The van der Waals surface area contributed by atoms with Crippen molar-refractivity contribution in [1.82, 2.24) is 15.3 Å². The Hall–Kier alpha value is -2.94. The fourth-order valence-corrected chi connectivity index (χ4v) is 4.69. The summed E-state index contributed by atoms with van der Waals surface area (Å²) in [5.41, 5.74) is 2.10. The van der Waals surface area contributed by atoms with Crippen molar-refractivity contribution in [1.29, 1.82) is 5.26 Å². The normalized spacial score (nSPS) is 11.3. The Morgan fingerprint density at radius 3 is 2.93 bits per heavy atom. The van der Waals surface area contributed by atoms with Crippen LogP contribution < -0.4 is 10.0 Å². The van der Waals surface area contributed by atoms with Crippen LogP contribution >= 0.6 is 11.3 Å². The maximum absolute atomic E-state index is 12.7. The number of amides is 1. The molecule has 0 bridgehead atoms. The quantitative estimate of drug-likeness (QED) is 0.501. The Morgan fingerprint density at radius 2 is 2.21 bits per heavy atom. The average Bonchev–Trinajstić information content (AvgIpc) is 3.32. The highest BCUT2D eigenvalue weighted by molar-refractivity contribution is 7.94. The molecule has 0 radical (unpaired) electrons. The molecule has 1 amide bonds. The molecule has 9 nitrogen and oxygen atoms in total. The molecule has 146 valence electrons. The minimum Gasteiger partial charge on any atom is -0.383 e. The number of aryl methyl sites for hydroxylation is 1. The molecule has 0 spiro atoms. The number of carbonyl (C=O) groups is 1. The van der Waals surface area contributed by atoms with Crippen LogP contribution in [-0.4, -0.2) is 44.6 Å². The highest BCUT2D eigenvalue weighted by atomic mass is 32.2. The van der Waals surface area contributed by atoms with Gasteiger partial charge in [0.05, 0.1) is 23.4 Å². The number of hydrogen-bond acceptors (Lipinski definition) is 7. The Balaban J connectivity index is 1.87. The highest BCUT2D eigenvalue weighted by Crippen LogP contribution is 2.30. The minimum atomic E-state index is -4.00. The van der Waals surface area contributed by atoms with Crippen LogP contribution in [0.4, 0.5) is 5.69 Å². The van der Waals surface area contributed by atoms with Crippen molar-refractivity contribution >= 4 is 43.9 Å². The van der Waals surface area contributed by atoms with Gasteiger partial charge in [-0.1, -0.05) is 6.07 Å². The number of ether oxygens (including phenoxy) is 1. The predicted molar refractivity (Wildman–Crippen MR) is 105 cm³/mol. The molecule has 3 aromatic rings. The molecule has 3 N–H and O–H groups in total. The third-order valence-electron chi connectivity index (χ3n) is 3.95. The molecule has 0 unspecified atom stereocenters. The number of anilines is 1. The van der Waals surface area contributed by atoms with Crippen LogP contribution in [0.25, 0.3) is 10.9 Å². The first kappa shape index (κ1) is 19.8. The number of thiazole rings is 1. The van der Waals surface area contributed by atoms with Crippen molar-refractivity contribution in [3.63, 3.8) is 0 Å². The molecule has 3 rings (SSSR count). The van der Waals surface area contributed by atoms with E-state index in [1.54, 1.807) is 12.1 Å². The monoisotopic (exact) mass is 419 g/mol. The van der Waals surface area contributed by atoms with Gasteiger partial charge in [-0.3, -0.25) is 9.52 Å². The largest absolute Gasteiger partial charge is 0.383 e. The molecular formula is C17H17N5O4S2. The van der Waals surface area contributed by atoms with Crippen molar-refractivity contribution in [2.24, 2.45) is 0 Å². The van der Waals surface area contributed by atoms with Crippen LogP contribution in [0, 0.1) is 18.3 Å². The molecule has 2 heterocycles. The zero-order chi connectivity index (χ0) is 20.3. The number of aromatic amines is 1. The first-order valence-electron chi connectivity index (χ1n) is 8.13. The van der Waals surface area contributed by atoms with Crippen LogP contribution in [0.2, 0.25) is 0 Å². The molecule has 0 saturated heterocycles. The summed E-state index contributed by atoms with van der Waals surface area (Å²) in [6.07, 6.45) is 1.53. The van der Waals surface area contributed by atoms with E-state index in [1.807, 2.05) is 6.92 Å². The predicted octanol–water partition coefficient (Wildman–Crippen LogP) is 1.98. The lowest BCUT2D eigenvalue weighted by molar-refractivity contribution is 0.0932. The lowest BCUT2D eigenvalue weighted by Gasteiger charge is -2.08. The van der Waals surface area contributed by atoms with E-state index in [0.29, 0.717) is 35.3 Å². The van der Waals surface area contributed by atoms with Crippen molar-refractivity contribution in [2.75, 3.05) is 25.0 Å². The lowest BCUT2D eigenvalue weighted by atomic mass is 10.1. The number of nitrogens with zero attached hydrogens (tertiary/aromatic N) is 2. The van der Waals surface area contributed by atoms with Gasteiger partial charge in [0.25, 0.3) is 15.9 Å². The number of benzene rings is 1. The second kappa shape index (κ2) is 7.97. The van der Waals surface area contributed by atoms with E-state index in [0.717, 1.165) is 16.9 Å². The number of nitriles is 1. The minimum absolute atomic E-state index is 0.0159. The molecule has 11 heteroatoms. The Morgan fingerprint density at radius 1 is 1.43 bits per heavy atom. The van der Waals surface area contributed by atoms with Crippen molar-refractivity contribution in [3.05, 3.63) is 40.5 Å². The van der Waals surface area contributed by atoms with Gasteiger partial charge >= 0.3 is 0 Å². The van der Waals surface area contributed by atoms with Gasteiger partial charge in [0.15, 0.2) is 0 Å². The van der Waals surface area contributed by atoms with Gasteiger partial charge in [-0.2, -0.15) is 13.7 Å². The first-order chi connectivity index (χ1) is 13.4. The summed E-state index contributed by atoms with van der Waals surface area (Å²) in [4.78, 5) is 18.9. The van der Waals surface area contributed by atoms with Gasteiger partial charge in [-0.15, -0.1) is 11.3 Å². The van der Waals surface area contributed by atoms with Gasteiger partial charge in [-0.05, 0) is 18.6 Å². The van der Waals surface area contributed by atoms with Crippen LogP contribution in [-0.2, 0) is 14.8 Å². The molecule has 2 aromatic heterocycles. The fourth-order valence-electron chi connectivity index (χ4n) is 2.62. The van der Waals surface area contributed by atoms with E-state index in [1.165, 1.54) is 18.7 Å². The van der Waals surface area contributed by atoms with Gasteiger partial charge in [-0.25, -0.2) is 4.98 Å². The molecule has 0 aliphatic heterocycles. The summed E-state index contributed by atoms with van der Waals surface area (Å²) < 4.78 is 32.5. The average molecular weight is 419 g/mol. The Labute approximate surface area is 165 Å². The van der Waals surface area contributed by atoms with E-state index in [2.05, 4.69) is 26.1 Å². The Kier molecular flexibility index (Phi) is 5.64. The third-order valence-corrected chi connectivity index (χ3v) is 6.57. The van der Waals surface area contributed by atoms with E-state index < -0.39 is 15.9 Å². The number of nitrogens with one attached hydrogen (secondary N) is 3. The number of H-pyrrole nitrogens is 1. The number of rotatable bonds is 7. The van der Waals surface area contributed by atoms with Gasteiger partial charge in [0.2, 0.25) is 4.34 Å². The molecule has 0 saturated carbocycles. The number of hydrogen-bond donors (Lipinski definition) is 3. The SMILES string of the molecule is COCCNC(=O)c1csc(S(=O)(=O)Nc2ccc(C)c3c(C#N)c[nH]c23)n1. The van der Waals surface area contributed by atoms with Gasteiger partial charge in [0, 0.05) is 30.6 Å². The Bertz CT molecular complexity index is 1170. The number of methoxy groups -OCH3 is 1. The van der Waals surface area contributed by atoms with Crippen LogP contribution in [0.15, 0.2) is 28.0 Å². The second-order valence-corrected chi connectivity index (χ2v) is 8.56. The molecule has 0 fully saturated rings. The molecular weight excluding hydrogens is 402 g/mol. The second-order valence-electron chi connectivity index (χ2n) is 5.85. The zero-order valence-electron chi connectivity index (χ0n) is 15.1. The molecule has 0 atom stereocenters. The third kappa shape index (κ3) is 3.84. The summed E-state index contributed by atoms with van der Waals surface area (Å²) in [5, 5.41) is 13.8. The maximum Gasteiger partial charge on any atom is 0.289 e. The van der Waals surface area contributed by atoms with E-state index in [-0.39, 0.29) is 10.0 Å². The molecule has 1 aromatic carbocycles. The summed E-state index contributed by atoms with van der Waals surface area (Å²) in [6.45, 7) is 2.47. The van der Waals surface area contributed by atoms with Crippen LogP contribution in [0.1, 0.15) is 21.6 Å². The van der Waals surface area contributed by atoms with Crippen molar-refractivity contribution in [3.8, 4) is 6.07 Å². The number of aromatic nitrogens is 2. The van der Waals surface area contributed by atoms with Crippen molar-refractivity contribution < 1.29 is 17.9 Å². The standard InChI is InChI=1S/C17H17N5O4S2/c1-10-3-4-12(15-14(10)11(7-18)8-20-15)22-28(24,25)17-21-13(9-27-17)16(23)19-5-6-26-2/h3-4,8-9,20,22H,5-6H2,1-2H3,(H,19,23). The number of carbonyl (C=O) groups excluding carboxylic acids is 1. The first-order valence-corrected chi connectivity index (χ1v) is 10.5. The molecule has 0 aliphatic rings. The van der Waals surface area contributed by atoms with Crippen LogP contribution in [0.3, 0.4) is 0 Å². The lowest BCUT2D eigenvalue weighted by Crippen LogP contribution is -2.27. The highest BCUT2D eigenvalue weighted by Gasteiger charge is 2.23.